The third kappa shape index (κ3) is 6.54. The molecule has 1 saturated heterocycles. The number of nitrogens with two attached hydrogens (primary N) is 1. The molecule has 1 amide bonds. The summed E-state index contributed by atoms with van der Waals surface area (Å²) in [6, 6.07) is -0.505. The molecule has 0 radical (unpaired) electrons. The van der Waals surface area contributed by atoms with Gasteiger partial charge in [0.05, 0.1) is 11.8 Å². The average molecular weight is 372 g/mol. The van der Waals surface area contributed by atoms with E-state index in [0.29, 0.717) is 39.2 Å². The van der Waals surface area contributed by atoms with E-state index in [2.05, 4.69) is 0 Å². The lowest BCUT2D eigenvalue weighted by Gasteiger charge is -2.36. The smallest absolute Gasteiger partial charge is 0.239 e. The van der Waals surface area contributed by atoms with Gasteiger partial charge in [0.15, 0.2) is 0 Å². The van der Waals surface area contributed by atoms with Crippen molar-refractivity contribution in [2.75, 3.05) is 45.6 Å². The Hall–Kier alpha value is -0.410. The number of hydrogen-bond acceptors (Lipinski definition) is 5. The fourth-order valence-corrected chi connectivity index (χ4v) is 3.87. The first-order valence-electron chi connectivity index (χ1n) is 7.84. The molecule has 7 nitrogen and oxygen atoms in total. The van der Waals surface area contributed by atoms with Gasteiger partial charge in [-0.25, -0.2) is 8.42 Å². The molecule has 23 heavy (non-hydrogen) atoms. The summed E-state index contributed by atoms with van der Waals surface area (Å²) in [6.45, 7) is 5.89. The number of piperazine rings is 1. The number of nitrogens with zero attached hydrogens (tertiary/aromatic N) is 2. The van der Waals surface area contributed by atoms with E-state index in [1.165, 1.54) is 4.31 Å². The molecular formula is C14H30ClN3O4S. The summed E-state index contributed by atoms with van der Waals surface area (Å²) in [5.41, 5.74) is 5.97. The molecule has 1 aliphatic heterocycles. The minimum Gasteiger partial charge on any atom is -0.385 e. The van der Waals surface area contributed by atoms with Crippen molar-refractivity contribution >= 4 is 28.3 Å². The number of methoxy groups -OCH3 is 1. The lowest BCUT2D eigenvalue weighted by atomic mass is 9.99. The largest absolute Gasteiger partial charge is 0.385 e. The highest BCUT2D eigenvalue weighted by Gasteiger charge is 2.31. The van der Waals surface area contributed by atoms with Crippen LogP contribution in [0.4, 0.5) is 0 Å². The van der Waals surface area contributed by atoms with Crippen LogP contribution in [0.1, 0.15) is 26.7 Å². The first-order chi connectivity index (χ1) is 10.3. The SMILES string of the molecule is CCC(C)C(N)C(=O)N1CCN(S(=O)(=O)CCCOC)CC1.Cl. The van der Waals surface area contributed by atoms with Crippen LogP contribution in [-0.2, 0) is 19.6 Å². The molecule has 1 rings (SSSR count). The first-order valence-corrected chi connectivity index (χ1v) is 9.45. The Morgan fingerprint density at radius 1 is 1.26 bits per heavy atom. The standard InChI is InChI=1S/C14H29N3O4S.ClH/c1-4-12(2)13(15)14(18)16-6-8-17(9-7-16)22(19,20)11-5-10-21-3;/h12-13H,4-11,15H2,1-3H3;1H. The molecule has 1 heterocycles. The van der Waals surface area contributed by atoms with Crippen LogP contribution in [0.2, 0.25) is 0 Å². The summed E-state index contributed by atoms with van der Waals surface area (Å²) < 4.78 is 30.7. The van der Waals surface area contributed by atoms with E-state index >= 15 is 0 Å². The molecule has 0 saturated carbocycles. The molecule has 138 valence electrons. The van der Waals surface area contributed by atoms with E-state index in [1.54, 1.807) is 12.0 Å². The monoisotopic (exact) mass is 371 g/mol. The molecule has 2 N–H and O–H groups in total. The van der Waals surface area contributed by atoms with Gasteiger partial charge < -0.3 is 15.4 Å². The zero-order chi connectivity index (χ0) is 16.8. The summed E-state index contributed by atoms with van der Waals surface area (Å²) in [4.78, 5) is 14.0. The molecule has 9 heteroatoms. The second kappa shape index (κ2) is 10.5. The number of hydrogen-bond donors (Lipinski definition) is 1. The van der Waals surface area contributed by atoms with Gasteiger partial charge in [-0.05, 0) is 12.3 Å². The van der Waals surface area contributed by atoms with E-state index in [0.717, 1.165) is 6.42 Å². The maximum atomic E-state index is 12.3. The Kier molecular flexibility index (Phi) is 10.3. The molecule has 0 spiro atoms. The minimum absolute atomic E-state index is 0. The van der Waals surface area contributed by atoms with Gasteiger partial charge in [-0.1, -0.05) is 20.3 Å². The minimum atomic E-state index is -3.26. The Morgan fingerprint density at radius 2 is 1.83 bits per heavy atom. The lowest BCUT2D eigenvalue weighted by Crippen LogP contribution is -2.55. The van der Waals surface area contributed by atoms with Gasteiger partial charge in [-0.2, -0.15) is 4.31 Å². The third-order valence-electron chi connectivity index (χ3n) is 4.24. The van der Waals surface area contributed by atoms with Gasteiger partial charge in [0.25, 0.3) is 0 Å². The molecule has 0 aromatic carbocycles. The van der Waals surface area contributed by atoms with Gasteiger partial charge in [0.2, 0.25) is 15.9 Å². The number of sulfonamides is 1. The summed E-state index contributed by atoms with van der Waals surface area (Å²) in [6.07, 6.45) is 1.33. The van der Waals surface area contributed by atoms with Crippen LogP contribution >= 0.6 is 12.4 Å². The predicted molar refractivity (Wildman–Crippen MR) is 93.1 cm³/mol. The van der Waals surface area contributed by atoms with Crippen LogP contribution in [0.3, 0.4) is 0 Å². The Morgan fingerprint density at radius 3 is 2.30 bits per heavy atom. The summed E-state index contributed by atoms with van der Waals surface area (Å²) >= 11 is 0. The van der Waals surface area contributed by atoms with Gasteiger partial charge in [-0.15, -0.1) is 12.4 Å². The Bertz CT molecular complexity index is 453. The highest BCUT2D eigenvalue weighted by Crippen LogP contribution is 2.13. The molecule has 1 fully saturated rings. The van der Waals surface area contributed by atoms with E-state index in [1.807, 2.05) is 13.8 Å². The maximum absolute atomic E-state index is 12.3. The van der Waals surface area contributed by atoms with Crippen LogP contribution < -0.4 is 5.73 Å². The third-order valence-corrected chi connectivity index (χ3v) is 6.19. The number of ether oxygens (including phenoxy) is 1. The zero-order valence-electron chi connectivity index (χ0n) is 14.2. The number of halogens is 1. The van der Waals surface area contributed by atoms with E-state index in [-0.39, 0.29) is 30.0 Å². The fourth-order valence-electron chi connectivity index (χ4n) is 2.41. The maximum Gasteiger partial charge on any atom is 0.239 e. The normalized spacial score (nSPS) is 19.0. The van der Waals surface area contributed by atoms with Gasteiger partial charge in [0, 0.05) is 39.9 Å². The first kappa shape index (κ1) is 22.6. The highest BCUT2D eigenvalue weighted by atomic mass is 35.5. The van der Waals surface area contributed by atoms with Crippen LogP contribution in [0.5, 0.6) is 0 Å². The zero-order valence-corrected chi connectivity index (χ0v) is 15.9. The second-order valence-electron chi connectivity index (χ2n) is 5.80. The summed E-state index contributed by atoms with van der Waals surface area (Å²) in [7, 11) is -1.71. The fraction of sp³-hybridized carbons (Fsp3) is 0.929. The Labute approximate surface area is 146 Å². The highest BCUT2D eigenvalue weighted by molar-refractivity contribution is 7.89. The van der Waals surface area contributed by atoms with Crippen molar-refractivity contribution < 1.29 is 17.9 Å². The molecule has 2 atom stereocenters. The predicted octanol–water partition coefficient (Wildman–Crippen LogP) is 0.292. The average Bonchev–Trinajstić information content (AvgIpc) is 2.53. The van der Waals surface area contributed by atoms with Crippen molar-refractivity contribution in [3.8, 4) is 0 Å². The molecule has 0 aliphatic carbocycles. The topological polar surface area (TPSA) is 92.9 Å². The molecule has 0 aromatic rings. The Balaban J connectivity index is 0.00000484. The van der Waals surface area contributed by atoms with E-state index in [9.17, 15) is 13.2 Å². The van der Waals surface area contributed by atoms with Crippen molar-refractivity contribution in [2.45, 2.75) is 32.7 Å². The molecule has 2 unspecified atom stereocenters. The molecule has 0 aromatic heterocycles. The van der Waals surface area contributed by atoms with Crippen LogP contribution in [0.15, 0.2) is 0 Å². The van der Waals surface area contributed by atoms with Gasteiger partial charge >= 0.3 is 0 Å². The van der Waals surface area contributed by atoms with Gasteiger partial charge in [-0.3, -0.25) is 4.79 Å². The summed E-state index contributed by atoms with van der Waals surface area (Å²) in [5.74, 6) is 0.135. The quantitative estimate of drug-likeness (QED) is 0.619. The number of amides is 1. The number of carbonyl (C=O) groups excluding carboxylic acids is 1. The summed E-state index contributed by atoms with van der Waals surface area (Å²) in [5, 5.41) is 0. The van der Waals surface area contributed by atoms with Crippen LogP contribution in [0.25, 0.3) is 0 Å². The van der Waals surface area contributed by atoms with E-state index < -0.39 is 16.1 Å². The van der Waals surface area contributed by atoms with Crippen molar-refractivity contribution in [1.82, 2.24) is 9.21 Å². The van der Waals surface area contributed by atoms with Crippen molar-refractivity contribution in [3.63, 3.8) is 0 Å². The van der Waals surface area contributed by atoms with Crippen molar-refractivity contribution in [2.24, 2.45) is 11.7 Å². The molecular weight excluding hydrogens is 342 g/mol. The molecule has 0 bridgehead atoms. The second-order valence-corrected chi connectivity index (χ2v) is 7.89. The lowest BCUT2D eigenvalue weighted by molar-refractivity contribution is -0.134. The van der Waals surface area contributed by atoms with Crippen LogP contribution in [-0.4, -0.2) is 75.2 Å². The van der Waals surface area contributed by atoms with Crippen molar-refractivity contribution in [1.29, 1.82) is 0 Å². The van der Waals surface area contributed by atoms with E-state index in [4.69, 9.17) is 10.5 Å². The number of rotatable bonds is 8. The van der Waals surface area contributed by atoms with Crippen LogP contribution in [0, 0.1) is 5.92 Å². The van der Waals surface area contributed by atoms with Crippen molar-refractivity contribution in [3.05, 3.63) is 0 Å². The van der Waals surface area contributed by atoms with Gasteiger partial charge in [0.1, 0.15) is 0 Å². The molecule has 1 aliphatic rings. The number of carbonyl (C=O) groups is 1.